The largest absolute Gasteiger partial charge is 0.366 e. The summed E-state index contributed by atoms with van der Waals surface area (Å²) in [5.74, 6) is -0.286. The number of nitrogens with two attached hydrogens (primary N) is 1. The van der Waals surface area contributed by atoms with Crippen LogP contribution in [0.25, 0.3) is 0 Å². The van der Waals surface area contributed by atoms with E-state index >= 15 is 0 Å². The number of amides is 2. The van der Waals surface area contributed by atoms with Crippen LogP contribution in [0.4, 0.5) is 0 Å². The fourth-order valence-corrected chi connectivity index (χ4v) is 5.42. The maximum Gasteiger partial charge on any atom is 0.250 e. The lowest BCUT2D eigenvalue weighted by Gasteiger charge is -2.27. The summed E-state index contributed by atoms with van der Waals surface area (Å²) in [7, 11) is 3.53. The second kappa shape index (κ2) is 11.8. The number of thiophene rings is 1. The van der Waals surface area contributed by atoms with E-state index < -0.39 is 5.91 Å². The Morgan fingerprint density at radius 1 is 1.16 bits per heavy atom. The van der Waals surface area contributed by atoms with Gasteiger partial charge in [0, 0.05) is 61.2 Å². The second-order valence-electron chi connectivity index (χ2n) is 8.10. The Morgan fingerprint density at radius 3 is 2.47 bits per heavy atom. The van der Waals surface area contributed by atoms with Gasteiger partial charge in [0.25, 0.3) is 0 Å². The Morgan fingerprint density at radius 2 is 1.84 bits per heavy atom. The SMILES string of the molecule is CN(C)C(=O)CCCN1CCc2c(sc(CC(=O)Cc3ccc(Cl)cc3)c2C(N)=O)C1.Cl. The number of carbonyl (C=O) groups is 3. The smallest absolute Gasteiger partial charge is 0.250 e. The third-order valence-corrected chi connectivity index (χ3v) is 6.96. The fourth-order valence-electron chi connectivity index (χ4n) is 3.86. The lowest BCUT2D eigenvalue weighted by molar-refractivity contribution is -0.128. The number of fused-ring (bicyclic) bond motifs is 1. The van der Waals surface area contributed by atoms with Crippen LogP contribution in [-0.2, 0) is 35.4 Å². The first-order valence-electron chi connectivity index (χ1n) is 10.4. The molecule has 3 rings (SSSR count). The molecule has 9 heteroatoms. The summed E-state index contributed by atoms with van der Waals surface area (Å²) in [6.07, 6.45) is 2.56. The van der Waals surface area contributed by atoms with Crippen LogP contribution in [0.3, 0.4) is 0 Å². The number of nitrogens with zero attached hydrogens (tertiary/aromatic N) is 2. The monoisotopic (exact) mass is 497 g/mol. The maximum absolute atomic E-state index is 12.7. The maximum atomic E-state index is 12.7. The molecule has 1 aromatic carbocycles. The van der Waals surface area contributed by atoms with Gasteiger partial charge in [-0.3, -0.25) is 19.3 Å². The van der Waals surface area contributed by atoms with Gasteiger partial charge in [-0.1, -0.05) is 23.7 Å². The van der Waals surface area contributed by atoms with Crippen molar-refractivity contribution in [3.63, 3.8) is 0 Å². The van der Waals surface area contributed by atoms with Gasteiger partial charge >= 0.3 is 0 Å². The summed E-state index contributed by atoms with van der Waals surface area (Å²) < 4.78 is 0. The fraction of sp³-hybridized carbons (Fsp3) is 0.435. The molecule has 32 heavy (non-hydrogen) atoms. The van der Waals surface area contributed by atoms with Crippen LogP contribution in [0.2, 0.25) is 5.02 Å². The van der Waals surface area contributed by atoms with Crippen molar-refractivity contribution in [3.8, 4) is 0 Å². The number of hydrogen-bond acceptors (Lipinski definition) is 5. The van der Waals surface area contributed by atoms with Crippen LogP contribution in [0.5, 0.6) is 0 Å². The lowest BCUT2D eigenvalue weighted by atomic mass is 9.98. The molecular formula is C23H29Cl2N3O3S. The summed E-state index contributed by atoms with van der Waals surface area (Å²) >= 11 is 7.43. The summed E-state index contributed by atoms with van der Waals surface area (Å²) in [6, 6.07) is 7.22. The highest BCUT2D eigenvalue weighted by Gasteiger charge is 2.27. The first-order valence-corrected chi connectivity index (χ1v) is 11.6. The normalized spacial score (nSPS) is 13.2. The number of ketones is 1. The van der Waals surface area contributed by atoms with Crippen molar-refractivity contribution in [1.82, 2.24) is 9.80 Å². The molecule has 2 heterocycles. The lowest BCUT2D eigenvalue weighted by Crippen LogP contribution is -2.32. The zero-order valence-electron chi connectivity index (χ0n) is 18.4. The van der Waals surface area contributed by atoms with Crippen molar-refractivity contribution in [2.75, 3.05) is 27.2 Å². The number of rotatable bonds is 9. The molecule has 0 saturated carbocycles. The van der Waals surface area contributed by atoms with Crippen LogP contribution in [-0.4, -0.2) is 54.6 Å². The molecule has 0 atom stereocenters. The van der Waals surface area contributed by atoms with Crippen LogP contribution in [0.15, 0.2) is 24.3 Å². The molecule has 174 valence electrons. The van der Waals surface area contributed by atoms with E-state index in [-0.39, 0.29) is 30.5 Å². The average molecular weight is 498 g/mol. The van der Waals surface area contributed by atoms with Gasteiger partial charge in [0.05, 0.1) is 5.56 Å². The van der Waals surface area contributed by atoms with Crippen molar-refractivity contribution in [2.45, 2.75) is 38.6 Å². The van der Waals surface area contributed by atoms with E-state index in [0.29, 0.717) is 23.4 Å². The molecule has 2 aromatic rings. The van der Waals surface area contributed by atoms with E-state index in [4.69, 9.17) is 17.3 Å². The summed E-state index contributed by atoms with van der Waals surface area (Å²) in [5.41, 5.74) is 8.12. The Hall–Kier alpha value is -1.93. The van der Waals surface area contributed by atoms with Gasteiger partial charge in [-0.15, -0.1) is 23.7 Å². The molecule has 0 radical (unpaired) electrons. The number of carbonyl (C=O) groups excluding carboxylic acids is 3. The molecule has 2 N–H and O–H groups in total. The predicted molar refractivity (Wildman–Crippen MR) is 131 cm³/mol. The van der Waals surface area contributed by atoms with Crippen LogP contribution in [0, 0.1) is 0 Å². The molecule has 0 spiro atoms. The molecule has 0 bridgehead atoms. The number of hydrogen-bond donors (Lipinski definition) is 1. The molecule has 2 amide bonds. The topological polar surface area (TPSA) is 83.7 Å². The zero-order chi connectivity index (χ0) is 22.5. The van der Waals surface area contributed by atoms with Crippen LogP contribution >= 0.6 is 35.3 Å². The van der Waals surface area contributed by atoms with Gasteiger partial charge in [0.15, 0.2) is 0 Å². The minimum absolute atomic E-state index is 0. The molecule has 1 aliphatic rings. The molecule has 0 fully saturated rings. The summed E-state index contributed by atoms with van der Waals surface area (Å²) in [6.45, 7) is 2.37. The van der Waals surface area contributed by atoms with Gasteiger partial charge in [-0.2, -0.15) is 0 Å². The zero-order valence-corrected chi connectivity index (χ0v) is 20.7. The highest BCUT2D eigenvalue weighted by molar-refractivity contribution is 7.12. The molecule has 1 aromatic heterocycles. The van der Waals surface area contributed by atoms with Crippen molar-refractivity contribution in [3.05, 3.63) is 55.7 Å². The van der Waals surface area contributed by atoms with Gasteiger partial charge in [-0.05, 0) is 42.6 Å². The number of Topliss-reactive ketones (excluding diaryl/α,β-unsaturated/α-hetero) is 1. The molecule has 0 saturated heterocycles. The van der Waals surface area contributed by atoms with Crippen molar-refractivity contribution in [2.24, 2.45) is 5.73 Å². The molecule has 0 unspecified atom stereocenters. The minimum Gasteiger partial charge on any atom is -0.366 e. The minimum atomic E-state index is -0.461. The predicted octanol–water partition coefficient (Wildman–Crippen LogP) is 3.50. The molecule has 1 aliphatic heterocycles. The standard InChI is InChI=1S/C23H28ClN3O3S.ClH/c1-26(2)21(29)4-3-10-27-11-9-18-20(14-27)31-19(22(18)23(25)30)13-17(28)12-15-5-7-16(24)8-6-15;/h5-8H,3-4,9-14H2,1-2H3,(H2,25,30);1H. The van der Waals surface area contributed by atoms with Gasteiger partial charge in [0.2, 0.25) is 11.8 Å². The average Bonchev–Trinajstić information content (AvgIpc) is 3.06. The Bertz CT molecular complexity index is 974. The van der Waals surface area contributed by atoms with E-state index in [1.165, 1.54) is 11.3 Å². The van der Waals surface area contributed by atoms with Crippen molar-refractivity contribution >= 4 is 52.9 Å². The first kappa shape index (κ1) is 26.3. The van der Waals surface area contributed by atoms with Gasteiger partial charge < -0.3 is 10.6 Å². The van der Waals surface area contributed by atoms with E-state index in [2.05, 4.69) is 4.90 Å². The third kappa shape index (κ3) is 6.78. The second-order valence-corrected chi connectivity index (χ2v) is 9.73. The molecule has 6 nitrogen and oxygen atoms in total. The number of halogens is 2. The van der Waals surface area contributed by atoms with E-state index in [9.17, 15) is 14.4 Å². The summed E-state index contributed by atoms with van der Waals surface area (Å²) in [4.78, 5) is 42.4. The van der Waals surface area contributed by atoms with E-state index in [1.807, 2.05) is 12.1 Å². The van der Waals surface area contributed by atoms with Crippen LogP contribution < -0.4 is 5.73 Å². The Labute approximate surface area is 204 Å². The quantitative estimate of drug-likeness (QED) is 0.574. The highest BCUT2D eigenvalue weighted by atomic mass is 35.5. The molecular weight excluding hydrogens is 469 g/mol. The van der Waals surface area contributed by atoms with E-state index in [0.717, 1.165) is 53.4 Å². The Kier molecular flexibility index (Phi) is 9.70. The van der Waals surface area contributed by atoms with Crippen molar-refractivity contribution in [1.29, 1.82) is 0 Å². The van der Waals surface area contributed by atoms with E-state index in [1.54, 1.807) is 31.1 Å². The summed E-state index contributed by atoms with van der Waals surface area (Å²) in [5, 5.41) is 0.633. The van der Waals surface area contributed by atoms with Crippen molar-refractivity contribution < 1.29 is 14.4 Å². The highest BCUT2D eigenvalue weighted by Crippen LogP contribution is 2.34. The number of benzene rings is 1. The Balaban J connectivity index is 0.00000363. The third-order valence-electron chi connectivity index (χ3n) is 5.49. The molecule has 0 aliphatic carbocycles. The van der Waals surface area contributed by atoms with Gasteiger partial charge in [0.1, 0.15) is 5.78 Å². The first-order chi connectivity index (χ1) is 14.7. The van der Waals surface area contributed by atoms with Gasteiger partial charge in [-0.25, -0.2) is 0 Å². The van der Waals surface area contributed by atoms with Crippen LogP contribution in [0.1, 0.15) is 44.1 Å². The number of primary amides is 1.